The van der Waals surface area contributed by atoms with Crippen molar-refractivity contribution >= 4 is 22.6 Å². The molecule has 1 amide bonds. The minimum atomic E-state index is -1.02. The summed E-state index contributed by atoms with van der Waals surface area (Å²) in [6.45, 7) is 0.619. The fourth-order valence-electron chi connectivity index (χ4n) is 2.74. The summed E-state index contributed by atoms with van der Waals surface area (Å²) >= 11 is 0. The van der Waals surface area contributed by atoms with Crippen molar-refractivity contribution in [3.05, 3.63) is 48.0 Å². The molecule has 0 radical (unpaired) electrons. The van der Waals surface area contributed by atoms with Crippen LogP contribution in [0.1, 0.15) is 18.4 Å². The largest absolute Gasteiger partial charge is 0.480 e. The van der Waals surface area contributed by atoms with Crippen LogP contribution in [0.5, 0.6) is 0 Å². The highest BCUT2D eigenvalue weighted by Gasteiger charge is 2.30. The number of hydrogen-bond acceptors (Lipinski definition) is 3. The summed E-state index contributed by atoms with van der Waals surface area (Å²) in [5, 5.41) is 13.4. The topological polar surface area (TPSA) is 69.6 Å². The molecule has 0 aliphatic heterocycles. The van der Waals surface area contributed by atoms with Gasteiger partial charge in [0.1, 0.15) is 6.54 Å². The third kappa shape index (κ3) is 4.29. The van der Waals surface area contributed by atoms with Crippen LogP contribution in [-0.4, -0.2) is 41.0 Å². The molecule has 0 unspecified atom stereocenters. The molecule has 1 aliphatic rings. The molecule has 0 aromatic heterocycles. The highest BCUT2D eigenvalue weighted by atomic mass is 16.4. The van der Waals surface area contributed by atoms with Crippen LogP contribution in [0, 0.1) is 0 Å². The standard InChI is InChI=1S/C18H20N2O3/c21-17(19-10-18(22)23)12-20(16-7-8-16)11-13-5-6-14-3-1-2-4-15(14)9-13/h1-6,9,16H,7-8,10-12H2,(H,19,21)(H,22,23). The average Bonchev–Trinajstić information content (AvgIpc) is 3.37. The minimum absolute atomic E-state index is 0.236. The van der Waals surface area contributed by atoms with Crippen LogP contribution in [0.3, 0.4) is 0 Å². The fourth-order valence-corrected chi connectivity index (χ4v) is 2.74. The van der Waals surface area contributed by atoms with Crippen LogP contribution in [0.2, 0.25) is 0 Å². The first-order valence-electron chi connectivity index (χ1n) is 7.82. The number of nitrogens with one attached hydrogen (secondary N) is 1. The lowest BCUT2D eigenvalue weighted by Crippen LogP contribution is -2.39. The van der Waals surface area contributed by atoms with Gasteiger partial charge in [0.2, 0.25) is 5.91 Å². The maximum absolute atomic E-state index is 11.9. The number of carbonyl (C=O) groups is 2. The molecule has 3 rings (SSSR count). The van der Waals surface area contributed by atoms with E-state index < -0.39 is 5.97 Å². The van der Waals surface area contributed by atoms with Crippen LogP contribution < -0.4 is 5.32 Å². The number of aliphatic carboxylic acids is 1. The maximum atomic E-state index is 11.9. The van der Waals surface area contributed by atoms with Gasteiger partial charge in [-0.1, -0.05) is 36.4 Å². The molecule has 1 aliphatic carbocycles. The van der Waals surface area contributed by atoms with Crippen molar-refractivity contribution in [2.45, 2.75) is 25.4 Å². The quantitative estimate of drug-likeness (QED) is 0.820. The van der Waals surface area contributed by atoms with Crippen LogP contribution in [0.15, 0.2) is 42.5 Å². The molecule has 5 heteroatoms. The summed E-state index contributed by atoms with van der Waals surface area (Å²) < 4.78 is 0. The number of benzene rings is 2. The predicted molar refractivity (Wildman–Crippen MR) is 88.0 cm³/mol. The Labute approximate surface area is 134 Å². The fraction of sp³-hybridized carbons (Fsp3) is 0.333. The van der Waals surface area contributed by atoms with Crippen molar-refractivity contribution in [2.24, 2.45) is 0 Å². The van der Waals surface area contributed by atoms with Crippen molar-refractivity contribution in [1.29, 1.82) is 0 Å². The van der Waals surface area contributed by atoms with Crippen LogP contribution >= 0.6 is 0 Å². The van der Waals surface area contributed by atoms with E-state index in [-0.39, 0.29) is 19.0 Å². The number of hydrogen-bond donors (Lipinski definition) is 2. The molecule has 2 N–H and O–H groups in total. The molecule has 23 heavy (non-hydrogen) atoms. The maximum Gasteiger partial charge on any atom is 0.322 e. The average molecular weight is 312 g/mol. The van der Waals surface area contributed by atoms with Gasteiger partial charge in [0.05, 0.1) is 6.54 Å². The molecule has 0 spiro atoms. The highest BCUT2D eigenvalue weighted by molar-refractivity contribution is 5.83. The Bertz CT molecular complexity index is 725. The predicted octanol–water partition coefficient (Wildman–Crippen LogP) is 2.00. The number of nitrogens with zero attached hydrogens (tertiary/aromatic N) is 1. The number of carbonyl (C=O) groups excluding carboxylic acids is 1. The summed E-state index contributed by atoms with van der Waals surface area (Å²) in [5.41, 5.74) is 1.17. The number of carboxylic acid groups (broad SMARTS) is 1. The second-order valence-corrected chi connectivity index (χ2v) is 5.99. The lowest BCUT2D eigenvalue weighted by Gasteiger charge is -2.21. The van der Waals surface area contributed by atoms with E-state index in [1.165, 1.54) is 16.3 Å². The van der Waals surface area contributed by atoms with Gasteiger partial charge >= 0.3 is 5.97 Å². The lowest BCUT2D eigenvalue weighted by molar-refractivity contribution is -0.138. The third-order valence-corrected chi connectivity index (χ3v) is 4.05. The number of rotatable bonds is 7. The Balaban J connectivity index is 1.66. The second kappa shape index (κ2) is 6.79. The number of fused-ring (bicyclic) bond motifs is 1. The smallest absolute Gasteiger partial charge is 0.322 e. The van der Waals surface area contributed by atoms with Gasteiger partial charge in [-0.2, -0.15) is 0 Å². The van der Waals surface area contributed by atoms with Gasteiger partial charge in [0.15, 0.2) is 0 Å². The summed E-state index contributed by atoms with van der Waals surface area (Å²) in [5.74, 6) is -1.26. The highest BCUT2D eigenvalue weighted by Crippen LogP contribution is 2.28. The number of amides is 1. The summed E-state index contributed by atoms with van der Waals surface area (Å²) in [4.78, 5) is 24.5. The Kier molecular flexibility index (Phi) is 4.57. The molecule has 0 atom stereocenters. The first-order valence-corrected chi connectivity index (χ1v) is 7.82. The van der Waals surface area contributed by atoms with Crippen LogP contribution in [-0.2, 0) is 16.1 Å². The Hall–Kier alpha value is -2.40. The Morgan fingerprint density at radius 1 is 1.13 bits per heavy atom. The van der Waals surface area contributed by atoms with Gasteiger partial charge in [-0.15, -0.1) is 0 Å². The normalized spacial score (nSPS) is 14.1. The van der Waals surface area contributed by atoms with Crippen molar-refractivity contribution in [1.82, 2.24) is 10.2 Å². The van der Waals surface area contributed by atoms with Crippen molar-refractivity contribution in [2.75, 3.05) is 13.1 Å². The van der Waals surface area contributed by atoms with Gasteiger partial charge in [0, 0.05) is 12.6 Å². The molecular formula is C18H20N2O3. The Morgan fingerprint density at radius 2 is 1.87 bits per heavy atom. The van der Waals surface area contributed by atoms with Crippen LogP contribution in [0.4, 0.5) is 0 Å². The molecule has 1 saturated carbocycles. The SMILES string of the molecule is O=C(O)CNC(=O)CN(Cc1ccc2ccccc2c1)C1CC1. The van der Waals surface area contributed by atoms with E-state index in [1.54, 1.807) is 0 Å². The van der Waals surface area contributed by atoms with Crippen molar-refractivity contribution < 1.29 is 14.7 Å². The first-order chi connectivity index (χ1) is 11.1. The zero-order chi connectivity index (χ0) is 16.2. The zero-order valence-corrected chi connectivity index (χ0v) is 12.9. The Morgan fingerprint density at radius 3 is 2.57 bits per heavy atom. The van der Waals surface area contributed by atoms with Crippen LogP contribution in [0.25, 0.3) is 10.8 Å². The van der Waals surface area contributed by atoms with E-state index in [9.17, 15) is 9.59 Å². The van der Waals surface area contributed by atoms with E-state index in [0.717, 1.165) is 12.8 Å². The molecule has 1 fully saturated rings. The van der Waals surface area contributed by atoms with E-state index >= 15 is 0 Å². The molecule has 2 aromatic rings. The zero-order valence-electron chi connectivity index (χ0n) is 12.9. The minimum Gasteiger partial charge on any atom is -0.480 e. The van der Waals surface area contributed by atoms with Gasteiger partial charge < -0.3 is 10.4 Å². The second-order valence-electron chi connectivity index (χ2n) is 5.99. The molecule has 5 nitrogen and oxygen atoms in total. The summed E-state index contributed by atoms with van der Waals surface area (Å²) in [6.07, 6.45) is 2.19. The van der Waals surface area contributed by atoms with Gasteiger partial charge in [0.25, 0.3) is 0 Å². The van der Waals surface area contributed by atoms with E-state index in [4.69, 9.17) is 5.11 Å². The molecule has 0 bridgehead atoms. The third-order valence-electron chi connectivity index (χ3n) is 4.05. The summed E-state index contributed by atoms with van der Waals surface area (Å²) in [7, 11) is 0. The molecule has 2 aromatic carbocycles. The summed E-state index contributed by atoms with van der Waals surface area (Å²) in [6, 6.07) is 15.0. The first kappa shape index (κ1) is 15.5. The lowest BCUT2D eigenvalue weighted by atomic mass is 10.1. The number of carboxylic acids is 1. The molecule has 0 heterocycles. The van der Waals surface area contributed by atoms with Gasteiger partial charge in [-0.25, -0.2) is 0 Å². The van der Waals surface area contributed by atoms with Crippen molar-refractivity contribution in [3.8, 4) is 0 Å². The van der Waals surface area contributed by atoms with E-state index in [2.05, 4.69) is 40.5 Å². The molecule has 0 saturated heterocycles. The van der Waals surface area contributed by atoms with E-state index in [1.807, 2.05) is 12.1 Å². The van der Waals surface area contributed by atoms with E-state index in [0.29, 0.717) is 12.6 Å². The molecule has 120 valence electrons. The van der Waals surface area contributed by atoms with Gasteiger partial charge in [-0.3, -0.25) is 14.5 Å². The molecular weight excluding hydrogens is 292 g/mol. The monoisotopic (exact) mass is 312 g/mol. The van der Waals surface area contributed by atoms with Gasteiger partial charge in [-0.05, 0) is 35.2 Å². The van der Waals surface area contributed by atoms with Crippen molar-refractivity contribution in [3.63, 3.8) is 0 Å².